The number of amides is 1. The second-order valence-electron chi connectivity index (χ2n) is 4.98. The molecule has 2 aromatic rings. The van der Waals surface area contributed by atoms with E-state index in [2.05, 4.69) is 5.32 Å². The lowest BCUT2D eigenvalue weighted by molar-refractivity contribution is -0.305. The van der Waals surface area contributed by atoms with Gasteiger partial charge in [0.1, 0.15) is 10.6 Å². The second kappa shape index (κ2) is 8.26. The molecule has 7 heteroatoms. The van der Waals surface area contributed by atoms with E-state index in [1.165, 1.54) is 18.4 Å². The third-order valence-corrected chi connectivity index (χ3v) is 4.20. The third kappa shape index (κ3) is 4.42. The molecule has 24 heavy (non-hydrogen) atoms. The lowest BCUT2D eigenvalue weighted by Gasteiger charge is -2.08. The highest BCUT2D eigenvalue weighted by Gasteiger charge is 2.22. The summed E-state index contributed by atoms with van der Waals surface area (Å²) in [5.74, 6) is -2.09. The van der Waals surface area contributed by atoms with Gasteiger partial charge < -0.3 is 20.0 Å². The summed E-state index contributed by atoms with van der Waals surface area (Å²) in [7, 11) is 1.28. The maximum atomic E-state index is 12.1. The summed E-state index contributed by atoms with van der Waals surface area (Å²) in [5.41, 5.74) is 1.81. The molecule has 6 nitrogen and oxygen atoms in total. The van der Waals surface area contributed by atoms with Gasteiger partial charge >= 0.3 is 5.97 Å². The first-order chi connectivity index (χ1) is 11.5. The van der Waals surface area contributed by atoms with Crippen LogP contribution in [0, 0.1) is 0 Å². The Labute approximate surface area is 143 Å². The van der Waals surface area contributed by atoms with Crippen LogP contribution in [0.4, 0.5) is 5.00 Å². The molecule has 0 aliphatic carbocycles. The Balaban J connectivity index is 2.21. The predicted molar refractivity (Wildman–Crippen MR) is 88.6 cm³/mol. The zero-order chi connectivity index (χ0) is 17.5. The number of hydrogen-bond donors (Lipinski definition) is 1. The Morgan fingerprint density at radius 2 is 1.88 bits per heavy atom. The lowest BCUT2D eigenvalue weighted by Crippen LogP contribution is -2.22. The van der Waals surface area contributed by atoms with Crippen LogP contribution in [-0.2, 0) is 14.3 Å². The normalized spacial score (nSPS) is 10.2. The SMILES string of the molecule is COC(=O)c1c(-c2ccccc2)csc1NC(=O)CCCC(=O)[O-]. The molecule has 0 atom stereocenters. The predicted octanol–water partition coefficient (Wildman–Crippen LogP) is 2.06. The Morgan fingerprint density at radius 3 is 2.50 bits per heavy atom. The molecule has 1 heterocycles. The molecule has 0 saturated carbocycles. The standard InChI is InChI=1S/C17H17NO5S/c1-23-17(22)15-12(11-6-3-2-4-7-11)10-24-16(15)18-13(19)8-5-9-14(20)21/h2-4,6-7,10H,5,8-9H2,1H3,(H,18,19)(H,20,21)/p-1. The summed E-state index contributed by atoms with van der Waals surface area (Å²) in [6.45, 7) is 0. The highest BCUT2D eigenvalue weighted by Crippen LogP contribution is 2.36. The highest BCUT2D eigenvalue weighted by molar-refractivity contribution is 7.15. The molecule has 1 aromatic carbocycles. The summed E-state index contributed by atoms with van der Waals surface area (Å²) in [5, 5.41) is 15.2. The van der Waals surface area contributed by atoms with Gasteiger partial charge in [0.2, 0.25) is 5.91 Å². The minimum atomic E-state index is -1.19. The van der Waals surface area contributed by atoms with Gasteiger partial charge in [-0.1, -0.05) is 30.3 Å². The van der Waals surface area contributed by atoms with E-state index in [1.54, 1.807) is 5.38 Å². The quantitative estimate of drug-likeness (QED) is 0.774. The molecule has 0 fully saturated rings. The summed E-state index contributed by atoms with van der Waals surface area (Å²) >= 11 is 1.22. The van der Waals surface area contributed by atoms with Crippen molar-refractivity contribution in [2.24, 2.45) is 0 Å². The Bertz CT molecular complexity index is 739. The number of thiophene rings is 1. The van der Waals surface area contributed by atoms with Crippen molar-refractivity contribution >= 4 is 34.2 Å². The van der Waals surface area contributed by atoms with E-state index in [9.17, 15) is 19.5 Å². The van der Waals surface area contributed by atoms with Gasteiger partial charge in [-0.05, 0) is 18.4 Å². The number of rotatable bonds is 7. The fourth-order valence-corrected chi connectivity index (χ4v) is 3.14. The number of ether oxygens (including phenoxy) is 1. The van der Waals surface area contributed by atoms with Crippen LogP contribution >= 0.6 is 11.3 Å². The van der Waals surface area contributed by atoms with Gasteiger partial charge in [-0.15, -0.1) is 11.3 Å². The molecule has 0 spiro atoms. The number of carboxylic acid groups (broad SMARTS) is 1. The van der Waals surface area contributed by atoms with E-state index in [0.29, 0.717) is 16.1 Å². The maximum absolute atomic E-state index is 12.1. The van der Waals surface area contributed by atoms with Crippen LogP contribution in [0.1, 0.15) is 29.6 Å². The summed E-state index contributed by atoms with van der Waals surface area (Å²) < 4.78 is 4.82. The molecule has 2 rings (SSSR count). The summed E-state index contributed by atoms with van der Waals surface area (Å²) in [6, 6.07) is 9.30. The van der Waals surface area contributed by atoms with Crippen molar-refractivity contribution in [3.05, 3.63) is 41.3 Å². The van der Waals surface area contributed by atoms with Gasteiger partial charge in [0.05, 0.1) is 7.11 Å². The lowest BCUT2D eigenvalue weighted by atomic mass is 10.0. The number of methoxy groups -OCH3 is 1. The van der Waals surface area contributed by atoms with Crippen LogP contribution in [0.15, 0.2) is 35.7 Å². The largest absolute Gasteiger partial charge is 0.550 e. The van der Waals surface area contributed by atoms with Crippen molar-refractivity contribution in [3.8, 4) is 11.1 Å². The molecular formula is C17H16NO5S-. The number of carbonyl (C=O) groups is 3. The van der Waals surface area contributed by atoms with Crippen LogP contribution in [0.3, 0.4) is 0 Å². The number of nitrogens with one attached hydrogen (secondary N) is 1. The Kier molecular flexibility index (Phi) is 6.08. The van der Waals surface area contributed by atoms with E-state index in [4.69, 9.17) is 4.74 Å². The molecule has 1 N–H and O–H groups in total. The van der Waals surface area contributed by atoms with Gasteiger partial charge in [0.15, 0.2) is 0 Å². The number of carboxylic acids is 1. The van der Waals surface area contributed by atoms with E-state index < -0.39 is 11.9 Å². The Morgan fingerprint density at radius 1 is 1.17 bits per heavy atom. The molecule has 0 aliphatic heterocycles. The van der Waals surface area contributed by atoms with Gasteiger partial charge in [-0.25, -0.2) is 4.79 Å². The first-order valence-electron chi connectivity index (χ1n) is 7.28. The van der Waals surface area contributed by atoms with Crippen molar-refractivity contribution in [3.63, 3.8) is 0 Å². The number of aliphatic carboxylic acids is 1. The van der Waals surface area contributed by atoms with Gasteiger partial charge in [-0.3, -0.25) is 4.79 Å². The molecule has 126 valence electrons. The van der Waals surface area contributed by atoms with Gasteiger partial charge in [0, 0.05) is 23.3 Å². The van der Waals surface area contributed by atoms with E-state index in [1.807, 2.05) is 30.3 Å². The fraction of sp³-hybridized carbons (Fsp3) is 0.235. The number of anilines is 1. The molecule has 0 radical (unpaired) electrons. The van der Waals surface area contributed by atoms with Crippen LogP contribution < -0.4 is 10.4 Å². The minimum absolute atomic E-state index is 0.0349. The van der Waals surface area contributed by atoms with Crippen molar-refractivity contribution in [2.45, 2.75) is 19.3 Å². The Hall–Kier alpha value is -2.67. The molecule has 0 bridgehead atoms. The monoisotopic (exact) mass is 346 g/mol. The molecular weight excluding hydrogens is 330 g/mol. The molecule has 1 aromatic heterocycles. The van der Waals surface area contributed by atoms with Crippen LogP contribution in [0.25, 0.3) is 11.1 Å². The molecule has 0 saturated heterocycles. The summed E-state index contributed by atoms with van der Waals surface area (Å²) in [4.78, 5) is 34.4. The first kappa shape index (κ1) is 17.7. The fourth-order valence-electron chi connectivity index (χ4n) is 2.17. The highest BCUT2D eigenvalue weighted by atomic mass is 32.1. The third-order valence-electron chi connectivity index (χ3n) is 3.30. The van der Waals surface area contributed by atoms with Gasteiger partial charge in [-0.2, -0.15) is 0 Å². The molecule has 0 unspecified atom stereocenters. The minimum Gasteiger partial charge on any atom is -0.550 e. The zero-order valence-electron chi connectivity index (χ0n) is 13.0. The smallest absolute Gasteiger partial charge is 0.341 e. The number of carbonyl (C=O) groups excluding carboxylic acids is 3. The van der Waals surface area contributed by atoms with Crippen LogP contribution in [0.2, 0.25) is 0 Å². The van der Waals surface area contributed by atoms with E-state index in [-0.39, 0.29) is 25.2 Å². The van der Waals surface area contributed by atoms with Crippen molar-refractivity contribution in [1.29, 1.82) is 0 Å². The maximum Gasteiger partial charge on any atom is 0.341 e. The second-order valence-corrected chi connectivity index (χ2v) is 5.86. The van der Waals surface area contributed by atoms with E-state index >= 15 is 0 Å². The molecule has 0 aliphatic rings. The first-order valence-corrected chi connectivity index (χ1v) is 8.15. The molecule has 1 amide bonds. The van der Waals surface area contributed by atoms with E-state index in [0.717, 1.165) is 5.56 Å². The number of esters is 1. The van der Waals surface area contributed by atoms with Crippen molar-refractivity contribution in [2.75, 3.05) is 12.4 Å². The van der Waals surface area contributed by atoms with Crippen LogP contribution in [-0.4, -0.2) is 25.0 Å². The summed E-state index contributed by atoms with van der Waals surface area (Å²) in [6.07, 6.45) is 0.0305. The van der Waals surface area contributed by atoms with Crippen LogP contribution in [0.5, 0.6) is 0 Å². The van der Waals surface area contributed by atoms with Gasteiger partial charge in [0.25, 0.3) is 0 Å². The zero-order valence-corrected chi connectivity index (χ0v) is 13.9. The van der Waals surface area contributed by atoms with Crippen molar-refractivity contribution in [1.82, 2.24) is 0 Å². The van der Waals surface area contributed by atoms with Crippen molar-refractivity contribution < 1.29 is 24.2 Å². The average molecular weight is 346 g/mol. The average Bonchev–Trinajstić information content (AvgIpc) is 2.98. The number of hydrogen-bond acceptors (Lipinski definition) is 6. The topological polar surface area (TPSA) is 95.5 Å². The number of benzene rings is 1.